The van der Waals surface area contributed by atoms with Gasteiger partial charge in [-0.2, -0.15) is 0 Å². The van der Waals surface area contributed by atoms with E-state index in [1.165, 1.54) is 6.07 Å². The second kappa shape index (κ2) is 3.74. The zero-order valence-corrected chi connectivity index (χ0v) is 9.96. The number of benzene rings is 1. The van der Waals surface area contributed by atoms with Crippen molar-refractivity contribution in [1.29, 1.82) is 0 Å². The normalized spacial score (nSPS) is 26.6. The number of halogens is 1. The third kappa shape index (κ3) is 1.59. The van der Waals surface area contributed by atoms with Gasteiger partial charge in [-0.15, -0.1) is 0 Å². The van der Waals surface area contributed by atoms with E-state index >= 15 is 0 Å². The van der Waals surface area contributed by atoms with E-state index in [0.29, 0.717) is 18.4 Å². The quantitative estimate of drug-likeness (QED) is 0.854. The summed E-state index contributed by atoms with van der Waals surface area (Å²) in [5.41, 5.74) is 6.83. The maximum atomic E-state index is 13.3. The van der Waals surface area contributed by atoms with Crippen molar-refractivity contribution in [2.45, 2.75) is 19.8 Å². The fourth-order valence-corrected chi connectivity index (χ4v) is 2.75. The van der Waals surface area contributed by atoms with Gasteiger partial charge in [-0.1, -0.05) is 13.8 Å². The Morgan fingerprint density at radius 3 is 2.62 bits per heavy atom. The van der Waals surface area contributed by atoms with Crippen LogP contribution in [0.15, 0.2) is 18.2 Å². The highest BCUT2D eigenvalue weighted by Gasteiger charge is 2.58. The van der Waals surface area contributed by atoms with Crippen LogP contribution >= 0.6 is 0 Å². The SMILES string of the molecule is COc1ccc(F)cc1C1C(CN)C1(C)C. The molecule has 0 aromatic heterocycles. The third-order valence-electron chi connectivity index (χ3n) is 3.83. The summed E-state index contributed by atoms with van der Waals surface area (Å²) in [5, 5.41) is 0. The Morgan fingerprint density at radius 1 is 1.44 bits per heavy atom. The van der Waals surface area contributed by atoms with Crippen molar-refractivity contribution in [2.75, 3.05) is 13.7 Å². The van der Waals surface area contributed by atoms with Gasteiger partial charge in [0, 0.05) is 5.56 Å². The van der Waals surface area contributed by atoms with Gasteiger partial charge in [0.25, 0.3) is 0 Å². The average molecular weight is 223 g/mol. The molecule has 0 bridgehead atoms. The predicted molar refractivity (Wildman–Crippen MR) is 62.0 cm³/mol. The van der Waals surface area contributed by atoms with Crippen molar-refractivity contribution in [2.24, 2.45) is 17.1 Å². The molecule has 2 N–H and O–H groups in total. The molecule has 0 aliphatic heterocycles. The van der Waals surface area contributed by atoms with E-state index in [4.69, 9.17) is 10.5 Å². The molecule has 1 aliphatic carbocycles. The first-order valence-electron chi connectivity index (χ1n) is 5.56. The molecule has 16 heavy (non-hydrogen) atoms. The molecule has 0 spiro atoms. The number of hydrogen-bond acceptors (Lipinski definition) is 2. The summed E-state index contributed by atoms with van der Waals surface area (Å²) in [7, 11) is 1.61. The van der Waals surface area contributed by atoms with E-state index in [0.717, 1.165) is 11.3 Å². The van der Waals surface area contributed by atoms with Gasteiger partial charge in [-0.3, -0.25) is 0 Å². The van der Waals surface area contributed by atoms with Crippen molar-refractivity contribution in [3.8, 4) is 5.75 Å². The van der Waals surface area contributed by atoms with Gasteiger partial charge in [-0.25, -0.2) is 4.39 Å². The minimum Gasteiger partial charge on any atom is -0.496 e. The lowest BCUT2D eigenvalue weighted by Gasteiger charge is -2.09. The van der Waals surface area contributed by atoms with Gasteiger partial charge < -0.3 is 10.5 Å². The molecule has 0 amide bonds. The Hall–Kier alpha value is -1.09. The maximum absolute atomic E-state index is 13.3. The molecule has 0 heterocycles. The summed E-state index contributed by atoms with van der Waals surface area (Å²) in [4.78, 5) is 0. The van der Waals surface area contributed by atoms with Crippen LogP contribution in [0, 0.1) is 17.2 Å². The van der Waals surface area contributed by atoms with Crippen LogP contribution in [0.5, 0.6) is 5.75 Å². The first-order valence-corrected chi connectivity index (χ1v) is 5.56. The van der Waals surface area contributed by atoms with Crippen molar-refractivity contribution < 1.29 is 9.13 Å². The molecular weight excluding hydrogens is 205 g/mol. The number of ether oxygens (including phenoxy) is 1. The topological polar surface area (TPSA) is 35.2 Å². The van der Waals surface area contributed by atoms with Gasteiger partial charge in [0.1, 0.15) is 11.6 Å². The smallest absolute Gasteiger partial charge is 0.123 e. The highest BCUT2D eigenvalue weighted by atomic mass is 19.1. The summed E-state index contributed by atoms with van der Waals surface area (Å²) in [6, 6.07) is 4.68. The standard InChI is InChI=1S/C13H18FNO/c1-13(2)10(7-15)12(13)9-6-8(14)4-5-11(9)16-3/h4-6,10,12H,7,15H2,1-3H3. The van der Waals surface area contributed by atoms with Crippen LogP contribution in [0.1, 0.15) is 25.3 Å². The Balaban J connectivity index is 2.38. The van der Waals surface area contributed by atoms with Crippen LogP contribution in [0.3, 0.4) is 0 Å². The van der Waals surface area contributed by atoms with E-state index in [-0.39, 0.29) is 11.2 Å². The van der Waals surface area contributed by atoms with Crippen molar-refractivity contribution in [3.63, 3.8) is 0 Å². The largest absolute Gasteiger partial charge is 0.496 e. The highest BCUT2D eigenvalue weighted by molar-refractivity contribution is 5.43. The van der Waals surface area contributed by atoms with E-state index in [2.05, 4.69) is 13.8 Å². The van der Waals surface area contributed by atoms with Crippen molar-refractivity contribution >= 4 is 0 Å². The lowest BCUT2D eigenvalue weighted by atomic mass is 10.0. The monoisotopic (exact) mass is 223 g/mol. The summed E-state index contributed by atoms with van der Waals surface area (Å²) < 4.78 is 18.5. The lowest BCUT2D eigenvalue weighted by molar-refractivity contribution is 0.406. The molecule has 88 valence electrons. The summed E-state index contributed by atoms with van der Waals surface area (Å²) in [6.07, 6.45) is 0. The second-order valence-corrected chi connectivity index (χ2v) is 5.03. The maximum Gasteiger partial charge on any atom is 0.123 e. The Morgan fingerprint density at radius 2 is 2.12 bits per heavy atom. The molecule has 0 saturated heterocycles. The molecule has 2 nitrogen and oxygen atoms in total. The Bertz CT molecular complexity index is 403. The fraction of sp³-hybridized carbons (Fsp3) is 0.538. The van der Waals surface area contributed by atoms with Crippen LogP contribution in [0.4, 0.5) is 4.39 Å². The summed E-state index contributed by atoms with van der Waals surface area (Å²) in [5.74, 6) is 1.27. The minimum atomic E-state index is -0.214. The molecule has 1 saturated carbocycles. The van der Waals surface area contributed by atoms with Gasteiger partial charge in [0.2, 0.25) is 0 Å². The average Bonchev–Trinajstić information content (AvgIpc) is 2.80. The fourth-order valence-electron chi connectivity index (χ4n) is 2.75. The number of hydrogen-bond donors (Lipinski definition) is 1. The van der Waals surface area contributed by atoms with E-state index in [1.807, 2.05) is 0 Å². The van der Waals surface area contributed by atoms with E-state index < -0.39 is 0 Å². The molecule has 1 aliphatic rings. The van der Waals surface area contributed by atoms with Crippen molar-refractivity contribution in [1.82, 2.24) is 0 Å². The molecular formula is C13H18FNO. The van der Waals surface area contributed by atoms with Gasteiger partial charge in [0.05, 0.1) is 7.11 Å². The number of nitrogens with two attached hydrogens (primary N) is 1. The van der Waals surface area contributed by atoms with Gasteiger partial charge in [0.15, 0.2) is 0 Å². The van der Waals surface area contributed by atoms with Gasteiger partial charge in [-0.05, 0) is 42.0 Å². The number of methoxy groups -OCH3 is 1. The zero-order valence-electron chi connectivity index (χ0n) is 9.96. The Kier molecular flexibility index (Phi) is 2.66. The van der Waals surface area contributed by atoms with Crippen molar-refractivity contribution in [3.05, 3.63) is 29.6 Å². The second-order valence-electron chi connectivity index (χ2n) is 5.03. The minimum absolute atomic E-state index is 0.149. The van der Waals surface area contributed by atoms with Crippen LogP contribution in [0.25, 0.3) is 0 Å². The molecule has 1 aromatic carbocycles. The molecule has 2 unspecified atom stereocenters. The van der Waals surface area contributed by atoms with Gasteiger partial charge >= 0.3 is 0 Å². The van der Waals surface area contributed by atoms with Crippen LogP contribution in [-0.2, 0) is 0 Å². The molecule has 1 aromatic rings. The first-order chi connectivity index (χ1) is 7.52. The van der Waals surface area contributed by atoms with E-state index in [1.54, 1.807) is 19.2 Å². The van der Waals surface area contributed by atoms with Crippen LogP contribution < -0.4 is 10.5 Å². The van der Waals surface area contributed by atoms with Crippen LogP contribution in [0.2, 0.25) is 0 Å². The molecule has 0 radical (unpaired) electrons. The first kappa shape index (κ1) is 11.4. The molecule has 3 heteroatoms. The highest BCUT2D eigenvalue weighted by Crippen LogP contribution is 2.65. The molecule has 1 fully saturated rings. The molecule has 2 atom stereocenters. The predicted octanol–water partition coefficient (Wildman–Crippen LogP) is 2.53. The Labute approximate surface area is 95.6 Å². The lowest BCUT2D eigenvalue weighted by Crippen LogP contribution is -2.05. The summed E-state index contributed by atoms with van der Waals surface area (Å²) in [6.45, 7) is 4.97. The third-order valence-corrected chi connectivity index (χ3v) is 3.83. The summed E-state index contributed by atoms with van der Waals surface area (Å²) >= 11 is 0. The van der Waals surface area contributed by atoms with E-state index in [9.17, 15) is 4.39 Å². The zero-order chi connectivity index (χ0) is 11.9. The molecule has 2 rings (SSSR count). The number of rotatable bonds is 3. The van der Waals surface area contributed by atoms with Crippen LogP contribution in [-0.4, -0.2) is 13.7 Å².